The zero-order valence-electron chi connectivity index (χ0n) is 14.2. The Balaban J connectivity index is 1.60. The maximum atomic E-state index is 12.6. The minimum Gasteiger partial charge on any atom is -0.493 e. The van der Waals surface area contributed by atoms with Crippen molar-refractivity contribution >= 4 is 5.91 Å². The largest absolute Gasteiger partial charge is 0.493 e. The van der Waals surface area contributed by atoms with E-state index in [-0.39, 0.29) is 5.91 Å². The number of amides is 1. The SMILES string of the molecule is CCN(CCc1ccncc1)C(=O)Cc1ccc2c(c1)CCCO2. The summed E-state index contributed by atoms with van der Waals surface area (Å²) in [4.78, 5) is 18.6. The lowest BCUT2D eigenvalue weighted by molar-refractivity contribution is -0.130. The molecule has 0 aliphatic carbocycles. The number of fused-ring (bicyclic) bond motifs is 1. The van der Waals surface area contributed by atoms with Gasteiger partial charge in [0, 0.05) is 25.5 Å². The molecule has 24 heavy (non-hydrogen) atoms. The number of nitrogens with zero attached hydrogens (tertiary/aromatic N) is 2. The third-order valence-corrected chi connectivity index (χ3v) is 4.48. The van der Waals surface area contributed by atoms with Crippen LogP contribution in [0.5, 0.6) is 5.75 Å². The molecule has 0 radical (unpaired) electrons. The molecule has 0 spiro atoms. The highest BCUT2D eigenvalue weighted by atomic mass is 16.5. The number of hydrogen-bond donors (Lipinski definition) is 0. The van der Waals surface area contributed by atoms with Crippen LogP contribution in [0.15, 0.2) is 42.7 Å². The first-order chi connectivity index (χ1) is 11.8. The van der Waals surface area contributed by atoms with Gasteiger partial charge in [0.25, 0.3) is 0 Å². The fourth-order valence-electron chi connectivity index (χ4n) is 3.08. The molecule has 126 valence electrons. The Hall–Kier alpha value is -2.36. The number of carbonyl (C=O) groups is 1. The van der Waals surface area contributed by atoms with Crippen molar-refractivity contribution in [3.63, 3.8) is 0 Å². The summed E-state index contributed by atoms with van der Waals surface area (Å²) in [6.07, 6.45) is 7.00. The summed E-state index contributed by atoms with van der Waals surface area (Å²) < 4.78 is 5.64. The molecular weight excluding hydrogens is 300 g/mol. The number of aryl methyl sites for hydroxylation is 1. The molecule has 1 amide bonds. The predicted octanol–water partition coefficient (Wildman–Crippen LogP) is 3.04. The van der Waals surface area contributed by atoms with Crippen molar-refractivity contribution in [1.29, 1.82) is 0 Å². The molecule has 0 saturated heterocycles. The van der Waals surface area contributed by atoms with Gasteiger partial charge in [0.2, 0.25) is 5.91 Å². The topological polar surface area (TPSA) is 42.4 Å². The number of aromatic nitrogens is 1. The summed E-state index contributed by atoms with van der Waals surface area (Å²) in [7, 11) is 0. The van der Waals surface area contributed by atoms with Crippen molar-refractivity contribution in [2.75, 3.05) is 19.7 Å². The highest BCUT2D eigenvalue weighted by molar-refractivity contribution is 5.79. The summed E-state index contributed by atoms with van der Waals surface area (Å²) in [6, 6.07) is 10.1. The number of likely N-dealkylation sites (N-methyl/N-ethyl adjacent to an activating group) is 1. The maximum Gasteiger partial charge on any atom is 0.226 e. The van der Waals surface area contributed by atoms with Crippen LogP contribution in [0.3, 0.4) is 0 Å². The first-order valence-corrected chi connectivity index (χ1v) is 8.67. The van der Waals surface area contributed by atoms with E-state index >= 15 is 0 Å². The first kappa shape index (κ1) is 16.5. The molecule has 4 heteroatoms. The van der Waals surface area contributed by atoms with Gasteiger partial charge >= 0.3 is 0 Å². The minimum absolute atomic E-state index is 0.184. The van der Waals surface area contributed by atoms with Crippen LogP contribution in [0, 0.1) is 0 Å². The summed E-state index contributed by atoms with van der Waals surface area (Å²) in [5, 5.41) is 0. The molecule has 2 heterocycles. The summed E-state index contributed by atoms with van der Waals surface area (Å²) in [5.74, 6) is 1.16. The first-order valence-electron chi connectivity index (χ1n) is 8.67. The molecule has 4 nitrogen and oxygen atoms in total. The molecule has 1 aromatic heterocycles. The van der Waals surface area contributed by atoms with Gasteiger partial charge in [-0.25, -0.2) is 0 Å². The van der Waals surface area contributed by atoms with Crippen LogP contribution in [0.1, 0.15) is 30.0 Å². The van der Waals surface area contributed by atoms with Gasteiger partial charge in [-0.15, -0.1) is 0 Å². The molecule has 0 N–H and O–H groups in total. The molecule has 0 fully saturated rings. The van der Waals surface area contributed by atoms with E-state index in [1.54, 1.807) is 12.4 Å². The normalized spacial score (nSPS) is 13.0. The monoisotopic (exact) mass is 324 g/mol. The molecule has 0 bridgehead atoms. The van der Waals surface area contributed by atoms with Crippen molar-refractivity contribution in [3.8, 4) is 5.75 Å². The van der Waals surface area contributed by atoms with E-state index in [0.29, 0.717) is 6.42 Å². The number of ether oxygens (including phenoxy) is 1. The van der Waals surface area contributed by atoms with Crippen LogP contribution in [0.4, 0.5) is 0 Å². The number of benzene rings is 1. The van der Waals surface area contributed by atoms with Gasteiger partial charge in [-0.1, -0.05) is 12.1 Å². The van der Waals surface area contributed by atoms with Crippen LogP contribution in [-0.4, -0.2) is 35.5 Å². The molecule has 0 saturated carbocycles. The van der Waals surface area contributed by atoms with E-state index < -0.39 is 0 Å². The Morgan fingerprint density at radius 3 is 2.83 bits per heavy atom. The van der Waals surface area contributed by atoms with Crippen LogP contribution in [0.25, 0.3) is 0 Å². The van der Waals surface area contributed by atoms with E-state index in [1.807, 2.05) is 36.1 Å². The second kappa shape index (κ2) is 7.95. The second-order valence-corrected chi connectivity index (χ2v) is 6.15. The van der Waals surface area contributed by atoms with Crippen molar-refractivity contribution in [1.82, 2.24) is 9.88 Å². The number of rotatable bonds is 6. The zero-order valence-corrected chi connectivity index (χ0v) is 14.2. The average Bonchev–Trinajstić information content (AvgIpc) is 2.63. The van der Waals surface area contributed by atoms with Gasteiger partial charge in [-0.2, -0.15) is 0 Å². The fraction of sp³-hybridized carbons (Fsp3) is 0.400. The molecule has 1 aliphatic rings. The van der Waals surface area contributed by atoms with Crippen molar-refractivity contribution in [3.05, 3.63) is 59.4 Å². The van der Waals surface area contributed by atoms with Gasteiger partial charge in [0.1, 0.15) is 5.75 Å². The van der Waals surface area contributed by atoms with Crippen LogP contribution < -0.4 is 4.74 Å². The lowest BCUT2D eigenvalue weighted by Crippen LogP contribution is -2.34. The minimum atomic E-state index is 0.184. The molecule has 1 aromatic carbocycles. The zero-order chi connectivity index (χ0) is 16.8. The molecule has 1 aliphatic heterocycles. The van der Waals surface area contributed by atoms with Crippen LogP contribution in [-0.2, 0) is 24.1 Å². The predicted molar refractivity (Wildman–Crippen MR) is 94.2 cm³/mol. The quantitative estimate of drug-likeness (QED) is 0.820. The number of pyridine rings is 1. The third kappa shape index (κ3) is 4.13. The van der Waals surface area contributed by atoms with Gasteiger partial charge in [-0.05, 0) is 61.1 Å². The Labute approximate surface area is 143 Å². The Kier molecular flexibility index (Phi) is 5.47. The number of hydrogen-bond acceptors (Lipinski definition) is 3. The molecule has 0 unspecified atom stereocenters. The Morgan fingerprint density at radius 2 is 2.04 bits per heavy atom. The van der Waals surface area contributed by atoms with Gasteiger partial charge in [0.05, 0.1) is 13.0 Å². The lowest BCUT2D eigenvalue weighted by atomic mass is 10.0. The third-order valence-electron chi connectivity index (χ3n) is 4.48. The molecule has 2 aromatic rings. The second-order valence-electron chi connectivity index (χ2n) is 6.15. The van der Waals surface area contributed by atoms with E-state index in [9.17, 15) is 4.79 Å². The van der Waals surface area contributed by atoms with Crippen molar-refractivity contribution in [2.45, 2.75) is 32.6 Å². The Morgan fingerprint density at radius 1 is 1.21 bits per heavy atom. The summed E-state index contributed by atoms with van der Waals surface area (Å²) >= 11 is 0. The van der Waals surface area contributed by atoms with Crippen molar-refractivity contribution in [2.24, 2.45) is 0 Å². The molecule has 3 rings (SSSR count). The highest BCUT2D eigenvalue weighted by Gasteiger charge is 2.15. The summed E-state index contributed by atoms with van der Waals surface area (Å²) in [6.45, 7) is 4.31. The van der Waals surface area contributed by atoms with E-state index in [1.165, 1.54) is 11.1 Å². The van der Waals surface area contributed by atoms with E-state index in [2.05, 4.69) is 11.1 Å². The lowest BCUT2D eigenvalue weighted by Gasteiger charge is -2.22. The average molecular weight is 324 g/mol. The standard InChI is InChI=1S/C20H24N2O2/c1-2-22(12-9-16-7-10-21-11-8-16)20(23)15-17-5-6-19-18(14-17)4-3-13-24-19/h5-8,10-11,14H,2-4,9,12-13,15H2,1H3. The van der Waals surface area contributed by atoms with Gasteiger partial charge in [-0.3, -0.25) is 9.78 Å². The maximum absolute atomic E-state index is 12.6. The van der Waals surface area contributed by atoms with Crippen LogP contribution >= 0.6 is 0 Å². The van der Waals surface area contributed by atoms with E-state index in [4.69, 9.17) is 4.74 Å². The highest BCUT2D eigenvalue weighted by Crippen LogP contribution is 2.25. The fourth-order valence-corrected chi connectivity index (χ4v) is 3.08. The van der Waals surface area contributed by atoms with Crippen molar-refractivity contribution < 1.29 is 9.53 Å². The molecular formula is C20H24N2O2. The van der Waals surface area contributed by atoms with Gasteiger partial charge < -0.3 is 9.64 Å². The van der Waals surface area contributed by atoms with E-state index in [0.717, 1.165) is 50.3 Å². The van der Waals surface area contributed by atoms with Gasteiger partial charge in [0.15, 0.2) is 0 Å². The Bertz CT molecular complexity index is 685. The van der Waals surface area contributed by atoms with Crippen LogP contribution in [0.2, 0.25) is 0 Å². The number of carbonyl (C=O) groups excluding carboxylic acids is 1. The summed E-state index contributed by atoms with van der Waals surface area (Å²) in [5.41, 5.74) is 3.51. The molecule has 0 atom stereocenters. The smallest absolute Gasteiger partial charge is 0.226 e.